The number of rotatable bonds is 5. The smallest absolute Gasteiger partial charge is 0.175 e. The summed E-state index contributed by atoms with van der Waals surface area (Å²) >= 11 is 0. The first kappa shape index (κ1) is 13.4. The molecular weight excluding hydrogens is 250 g/mol. The Morgan fingerprint density at radius 2 is 1.89 bits per heavy atom. The standard InChI is InChI=1S/C13H19NO3S/c1-14-9-10-7-12(8-10)17-11-3-5-13(6-4-11)18(2,15)16/h3-6,10,12,14H,7-9H2,1-2H3. The van der Waals surface area contributed by atoms with E-state index in [1.165, 1.54) is 6.26 Å². The van der Waals surface area contributed by atoms with Gasteiger partial charge in [-0.05, 0) is 56.6 Å². The van der Waals surface area contributed by atoms with Crippen molar-refractivity contribution >= 4 is 9.84 Å². The van der Waals surface area contributed by atoms with Gasteiger partial charge in [0.25, 0.3) is 0 Å². The van der Waals surface area contributed by atoms with E-state index in [0.29, 0.717) is 10.8 Å². The van der Waals surface area contributed by atoms with Crippen LogP contribution in [0.4, 0.5) is 0 Å². The third-order valence-corrected chi connectivity index (χ3v) is 4.37. The van der Waals surface area contributed by atoms with Crippen LogP contribution in [0, 0.1) is 5.92 Å². The summed E-state index contributed by atoms with van der Waals surface area (Å²) in [6.45, 7) is 1.03. The van der Waals surface area contributed by atoms with E-state index in [1.807, 2.05) is 7.05 Å². The Hall–Kier alpha value is -1.07. The summed E-state index contributed by atoms with van der Waals surface area (Å²) in [7, 11) is -1.16. The first-order valence-corrected chi connectivity index (χ1v) is 7.99. The maximum atomic E-state index is 11.3. The van der Waals surface area contributed by atoms with Crippen LogP contribution >= 0.6 is 0 Å². The zero-order chi connectivity index (χ0) is 13.2. The Bertz CT molecular complexity index is 489. The Labute approximate surface area is 108 Å². The van der Waals surface area contributed by atoms with Crippen LogP contribution in [0.15, 0.2) is 29.2 Å². The molecule has 1 saturated carbocycles. The van der Waals surface area contributed by atoms with Crippen LogP contribution in [0.1, 0.15) is 12.8 Å². The molecule has 5 heteroatoms. The average Bonchev–Trinajstić information content (AvgIpc) is 2.26. The number of nitrogens with one attached hydrogen (secondary N) is 1. The molecule has 0 saturated heterocycles. The fourth-order valence-electron chi connectivity index (χ4n) is 2.18. The van der Waals surface area contributed by atoms with Gasteiger partial charge in [0, 0.05) is 6.26 Å². The van der Waals surface area contributed by atoms with Gasteiger partial charge >= 0.3 is 0 Å². The van der Waals surface area contributed by atoms with Crippen LogP contribution in [-0.2, 0) is 9.84 Å². The van der Waals surface area contributed by atoms with Gasteiger partial charge in [0.1, 0.15) is 5.75 Å². The molecule has 0 unspecified atom stereocenters. The van der Waals surface area contributed by atoms with Gasteiger partial charge in [-0.25, -0.2) is 8.42 Å². The normalized spacial score (nSPS) is 23.4. The van der Waals surface area contributed by atoms with Crippen molar-refractivity contribution in [2.75, 3.05) is 19.8 Å². The molecule has 0 spiro atoms. The Balaban J connectivity index is 1.89. The molecule has 18 heavy (non-hydrogen) atoms. The SMILES string of the molecule is CNCC1CC(Oc2ccc(S(C)(=O)=O)cc2)C1. The molecule has 1 N–H and O–H groups in total. The highest BCUT2D eigenvalue weighted by Crippen LogP contribution is 2.31. The van der Waals surface area contributed by atoms with E-state index in [2.05, 4.69) is 5.32 Å². The molecular formula is C13H19NO3S. The molecule has 0 amide bonds. The maximum absolute atomic E-state index is 11.3. The molecule has 4 nitrogen and oxygen atoms in total. The molecule has 0 atom stereocenters. The van der Waals surface area contributed by atoms with Crippen molar-refractivity contribution in [3.63, 3.8) is 0 Å². The molecule has 1 aliphatic carbocycles. The predicted octanol–water partition coefficient (Wildman–Crippen LogP) is 1.47. The summed E-state index contributed by atoms with van der Waals surface area (Å²) in [5, 5.41) is 3.16. The number of ether oxygens (including phenoxy) is 1. The van der Waals surface area contributed by atoms with E-state index in [0.717, 1.165) is 25.1 Å². The summed E-state index contributed by atoms with van der Waals surface area (Å²) < 4.78 is 28.4. The van der Waals surface area contributed by atoms with Crippen LogP contribution in [0.5, 0.6) is 5.75 Å². The highest BCUT2D eigenvalue weighted by Gasteiger charge is 2.30. The summed E-state index contributed by atoms with van der Waals surface area (Å²) in [6.07, 6.45) is 3.60. The van der Waals surface area contributed by atoms with Crippen molar-refractivity contribution in [2.45, 2.75) is 23.8 Å². The van der Waals surface area contributed by atoms with E-state index in [4.69, 9.17) is 4.74 Å². The lowest BCUT2D eigenvalue weighted by molar-refractivity contribution is 0.0657. The number of hydrogen-bond donors (Lipinski definition) is 1. The van der Waals surface area contributed by atoms with E-state index < -0.39 is 9.84 Å². The van der Waals surface area contributed by atoms with Crippen molar-refractivity contribution in [3.8, 4) is 5.75 Å². The fourth-order valence-corrected chi connectivity index (χ4v) is 2.81. The molecule has 1 aromatic carbocycles. The summed E-state index contributed by atoms with van der Waals surface area (Å²) in [4.78, 5) is 0.330. The minimum atomic E-state index is -3.12. The van der Waals surface area contributed by atoms with Crippen LogP contribution in [0.3, 0.4) is 0 Å². The Morgan fingerprint density at radius 3 is 2.39 bits per heavy atom. The van der Waals surface area contributed by atoms with Gasteiger partial charge in [-0.3, -0.25) is 0 Å². The molecule has 0 radical (unpaired) electrons. The second-order valence-electron chi connectivity index (χ2n) is 4.88. The third kappa shape index (κ3) is 3.23. The largest absolute Gasteiger partial charge is 0.490 e. The van der Waals surface area contributed by atoms with Crippen molar-refractivity contribution in [3.05, 3.63) is 24.3 Å². The van der Waals surface area contributed by atoms with E-state index >= 15 is 0 Å². The first-order valence-electron chi connectivity index (χ1n) is 6.10. The zero-order valence-electron chi connectivity index (χ0n) is 10.7. The highest BCUT2D eigenvalue weighted by atomic mass is 32.2. The predicted molar refractivity (Wildman–Crippen MR) is 70.6 cm³/mol. The van der Waals surface area contributed by atoms with Crippen LogP contribution in [-0.4, -0.2) is 34.4 Å². The number of hydrogen-bond acceptors (Lipinski definition) is 4. The molecule has 1 fully saturated rings. The number of benzene rings is 1. The van der Waals surface area contributed by atoms with Gasteiger partial charge in [0.2, 0.25) is 0 Å². The van der Waals surface area contributed by atoms with E-state index in [9.17, 15) is 8.42 Å². The van der Waals surface area contributed by atoms with Gasteiger partial charge < -0.3 is 10.1 Å². The molecule has 0 aliphatic heterocycles. The number of sulfone groups is 1. The topological polar surface area (TPSA) is 55.4 Å². The molecule has 100 valence electrons. The second kappa shape index (κ2) is 5.28. The second-order valence-corrected chi connectivity index (χ2v) is 6.89. The summed E-state index contributed by atoms with van der Waals surface area (Å²) in [5.41, 5.74) is 0. The van der Waals surface area contributed by atoms with Crippen molar-refractivity contribution in [1.29, 1.82) is 0 Å². The van der Waals surface area contributed by atoms with Crippen LogP contribution in [0.2, 0.25) is 0 Å². The minimum absolute atomic E-state index is 0.271. The van der Waals surface area contributed by atoms with E-state index in [-0.39, 0.29) is 6.10 Å². The van der Waals surface area contributed by atoms with Gasteiger partial charge in [-0.15, -0.1) is 0 Å². The third-order valence-electron chi connectivity index (χ3n) is 3.24. The molecule has 1 aromatic rings. The Morgan fingerprint density at radius 1 is 1.28 bits per heavy atom. The van der Waals surface area contributed by atoms with Crippen molar-refractivity contribution < 1.29 is 13.2 Å². The molecule has 1 aliphatic rings. The minimum Gasteiger partial charge on any atom is -0.490 e. The van der Waals surface area contributed by atoms with Gasteiger partial charge in [-0.2, -0.15) is 0 Å². The zero-order valence-corrected chi connectivity index (χ0v) is 11.5. The van der Waals surface area contributed by atoms with Crippen molar-refractivity contribution in [1.82, 2.24) is 5.32 Å². The van der Waals surface area contributed by atoms with Gasteiger partial charge in [-0.1, -0.05) is 0 Å². The van der Waals surface area contributed by atoms with Crippen molar-refractivity contribution in [2.24, 2.45) is 5.92 Å². The molecule has 0 heterocycles. The monoisotopic (exact) mass is 269 g/mol. The lowest BCUT2D eigenvalue weighted by Crippen LogP contribution is -2.38. The molecule has 0 bridgehead atoms. The highest BCUT2D eigenvalue weighted by molar-refractivity contribution is 7.90. The Kier molecular flexibility index (Phi) is 3.92. The summed E-state index contributed by atoms with van der Waals surface area (Å²) in [5.74, 6) is 1.45. The lowest BCUT2D eigenvalue weighted by atomic mass is 9.82. The maximum Gasteiger partial charge on any atom is 0.175 e. The van der Waals surface area contributed by atoms with Gasteiger partial charge in [0.05, 0.1) is 11.0 Å². The molecule has 2 rings (SSSR count). The first-order chi connectivity index (χ1) is 8.49. The van der Waals surface area contributed by atoms with Crippen LogP contribution < -0.4 is 10.1 Å². The van der Waals surface area contributed by atoms with Gasteiger partial charge in [0.15, 0.2) is 9.84 Å². The van der Waals surface area contributed by atoms with Crippen LogP contribution in [0.25, 0.3) is 0 Å². The quantitative estimate of drug-likeness (QED) is 0.879. The van der Waals surface area contributed by atoms with E-state index in [1.54, 1.807) is 24.3 Å². The average molecular weight is 269 g/mol. The fraction of sp³-hybridized carbons (Fsp3) is 0.538. The summed E-state index contributed by atoms with van der Waals surface area (Å²) in [6, 6.07) is 6.63. The molecule has 0 aromatic heterocycles. The lowest BCUT2D eigenvalue weighted by Gasteiger charge is -2.35.